The number of allylic oxidation sites excluding steroid dienone is 2. The monoisotopic (exact) mass is 356 g/mol. The van der Waals surface area contributed by atoms with Gasteiger partial charge < -0.3 is 21.1 Å². The summed E-state index contributed by atoms with van der Waals surface area (Å²) < 4.78 is 5.91. The second kappa shape index (κ2) is 7.14. The molecule has 1 aliphatic rings. The summed E-state index contributed by atoms with van der Waals surface area (Å²) in [5.41, 5.74) is 5.86. The highest BCUT2D eigenvalue weighted by Crippen LogP contribution is 2.45. The zero-order valence-corrected chi connectivity index (χ0v) is 15.7. The Bertz CT molecular complexity index is 816. The Labute approximate surface area is 153 Å². The van der Waals surface area contributed by atoms with Gasteiger partial charge in [-0.05, 0) is 11.5 Å². The van der Waals surface area contributed by atoms with Crippen LogP contribution in [0.1, 0.15) is 32.8 Å². The smallest absolute Gasteiger partial charge is 0.244 e. The summed E-state index contributed by atoms with van der Waals surface area (Å²) in [6.45, 7) is 6.07. The molecule has 2 rings (SSSR count). The van der Waals surface area contributed by atoms with Gasteiger partial charge in [0, 0.05) is 26.2 Å². The molecule has 1 amide bonds. The van der Waals surface area contributed by atoms with Crippen LogP contribution in [0.15, 0.2) is 29.6 Å². The van der Waals surface area contributed by atoms with Crippen molar-refractivity contribution in [2.24, 2.45) is 11.1 Å². The SMILES string of the molecule is CNc1nc(NC2=CC=C(C(N)=O)CC2(OC)C(C)(C)C)ncc1C#N. The number of nitrogens with one attached hydrogen (secondary N) is 2. The van der Waals surface area contributed by atoms with Crippen molar-refractivity contribution in [3.05, 3.63) is 35.2 Å². The number of nitrogens with two attached hydrogens (primary N) is 1. The minimum Gasteiger partial charge on any atom is -0.372 e. The lowest BCUT2D eigenvalue weighted by Crippen LogP contribution is -2.50. The van der Waals surface area contributed by atoms with Crippen LogP contribution in [0.25, 0.3) is 0 Å². The molecule has 8 heteroatoms. The lowest BCUT2D eigenvalue weighted by atomic mass is 9.68. The van der Waals surface area contributed by atoms with Gasteiger partial charge >= 0.3 is 0 Å². The Kier molecular flexibility index (Phi) is 5.33. The summed E-state index contributed by atoms with van der Waals surface area (Å²) in [5, 5.41) is 15.2. The Morgan fingerprint density at radius 2 is 2.12 bits per heavy atom. The molecule has 4 N–H and O–H groups in total. The van der Waals surface area contributed by atoms with Crippen LogP contribution in [0.2, 0.25) is 0 Å². The van der Waals surface area contributed by atoms with E-state index < -0.39 is 11.5 Å². The van der Waals surface area contributed by atoms with Crippen molar-refractivity contribution in [2.75, 3.05) is 24.8 Å². The van der Waals surface area contributed by atoms with Gasteiger partial charge in [-0.1, -0.05) is 26.8 Å². The highest BCUT2D eigenvalue weighted by Gasteiger charge is 2.48. The molecule has 0 saturated carbocycles. The largest absolute Gasteiger partial charge is 0.372 e. The second-order valence-corrected chi connectivity index (χ2v) is 7.04. The van der Waals surface area contributed by atoms with E-state index in [1.54, 1.807) is 26.3 Å². The van der Waals surface area contributed by atoms with Crippen LogP contribution < -0.4 is 16.4 Å². The molecule has 0 radical (unpaired) electrons. The number of carbonyl (C=O) groups is 1. The minimum atomic E-state index is -0.816. The summed E-state index contributed by atoms with van der Waals surface area (Å²) >= 11 is 0. The van der Waals surface area contributed by atoms with Crippen molar-refractivity contribution in [2.45, 2.75) is 32.8 Å². The molecule has 8 nitrogen and oxygen atoms in total. The van der Waals surface area contributed by atoms with Crippen LogP contribution in [-0.2, 0) is 9.53 Å². The molecule has 1 heterocycles. The van der Waals surface area contributed by atoms with Crippen LogP contribution in [-0.4, -0.2) is 35.6 Å². The molecule has 0 saturated heterocycles. The zero-order chi connectivity index (χ0) is 19.5. The second-order valence-electron chi connectivity index (χ2n) is 7.04. The van der Waals surface area contributed by atoms with Gasteiger partial charge in [0.25, 0.3) is 0 Å². The van der Waals surface area contributed by atoms with Crippen molar-refractivity contribution in [1.29, 1.82) is 5.26 Å². The van der Waals surface area contributed by atoms with Crippen LogP contribution >= 0.6 is 0 Å². The van der Waals surface area contributed by atoms with Crippen LogP contribution in [0, 0.1) is 16.7 Å². The normalized spacial score (nSPS) is 19.8. The van der Waals surface area contributed by atoms with Crippen molar-refractivity contribution in [3.63, 3.8) is 0 Å². The molecule has 0 fully saturated rings. The third-order valence-electron chi connectivity index (χ3n) is 4.59. The van der Waals surface area contributed by atoms with E-state index in [-0.39, 0.29) is 5.41 Å². The van der Waals surface area contributed by atoms with Gasteiger partial charge in [-0.15, -0.1) is 0 Å². The number of methoxy groups -OCH3 is 1. The lowest BCUT2D eigenvalue weighted by molar-refractivity contribution is -0.116. The Morgan fingerprint density at radius 1 is 1.42 bits per heavy atom. The molecular formula is C18H24N6O2. The van der Waals surface area contributed by atoms with Gasteiger partial charge in [-0.2, -0.15) is 10.2 Å². The van der Waals surface area contributed by atoms with Gasteiger partial charge in [0.2, 0.25) is 11.9 Å². The van der Waals surface area contributed by atoms with Crippen molar-refractivity contribution >= 4 is 17.7 Å². The number of hydrogen-bond donors (Lipinski definition) is 3. The topological polar surface area (TPSA) is 126 Å². The summed E-state index contributed by atoms with van der Waals surface area (Å²) in [6, 6.07) is 2.03. The molecule has 0 aliphatic heterocycles. The fourth-order valence-electron chi connectivity index (χ4n) is 3.05. The molecule has 1 unspecified atom stereocenters. The molecule has 138 valence electrons. The molecule has 0 aromatic carbocycles. The molecular weight excluding hydrogens is 332 g/mol. The van der Waals surface area contributed by atoms with Crippen molar-refractivity contribution in [1.82, 2.24) is 9.97 Å². The average molecular weight is 356 g/mol. The average Bonchev–Trinajstić information content (AvgIpc) is 2.60. The van der Waals surface area contributed by atoms with Gasteiger partial charge in [0.15, 0.2) is 0 Å². The summed E-state index contributed by atoms with van der Waals surface area (Å²) in [4.78, 5) is 20.2. The lowest BCUT2D eigenvalue weighted by Gasteiger charge is -2.46. The molecule has 0 spiro atoms. The van der Waals surface area contributed by atoms with Gasteiger partial charge in [-0.25, -0.2) is 4.98 Å². The highest BCUT2D eigenvalue weighted by atomic mass is 16.5. The highest BCUT2D eigenvalue weighted by molar-refractivity contribution is 5.93. The van der Waals surface area contributed by atoms with E-state index >= 15 is 0 Å². The number of nitriles is 1. The Hall–Kier alpha value is -2.92. The van der Waals surface area contributed by atoms with Crippen molar-refractivity contribution < 1.29 is 9.53 Å². The predicted octanol–water partition coefficient (Wildman–Crippen LogP) is 1.93. The Balaban J connectivity index is 2.50. The summed E-state index contributed by atoms with van der Waals surface area (Å²) in [5.74, 6) is 0.271. The van der Waals surface area contributed by atoms with Crippen LogP contribution in [0.5, 0.6) is 0 Å². The first kappa shape index (κ1) is 19.4. The van der Waals surface area contributed by atoms with Gasteiger partial charge in [0.1, 0.15) is 23.1 Å². The van der Waals surface area contributed by atoms with Crippen LogP contribution in [0.4, 0.5) is 11.8 Å². The molecule has 1 aromatic heterocycles. The maximum atomic E-state index is 11.7. The zero-order valence-electron chi connectivity index (χ0n) is 15.7. The van der Waals surface area contributed by atoms with Crippen LogP contribution in [0.3, 0.4) is 0 Å². The molecule has 0 bridgehead atoms. The molecule has 1 aromatic rings. The van der Waals surface area contributed by atoms with E-state index in [1.807, 2.05) is 26.8 Å². The Morgan fingerprint density at radius 3 is 2.62 bits per heavy atom. The van der Waals surface area contributed by atoms with E-state index in [1.165, 1.54) is 6.20 Å². The van der Waals surface area contributed by atoms with E-state index in [0.717, 1.165) is 0 Å². The van der Waals surface area contributed by atoms with E-state index in [2.05, 4.69) is 20.6 Å². The van der Waals surface area contributed by atoms with Crippen molar-refractivity contribution in [3.8, 4) is 6.07 Å². The maximum absolute atomic E-state index is 11.7. The summed E-state index contributed by atoms with van der Waals surface area (Å²) in [7, 11) is 3.28. The molecule has 1 aliphatic carbocycles. The molecule has 1 atom stereocenters. The number of rotatable bonds is 5. The van der Waals surface area contributed by atoms with Gasteiger partial charge in [-0.3, -0.25) is 4.79 Å². The number of hydrogen-bond acceptors (Lipinski definition) is 7. The standard InChI is InChI=1S/C18H24N6O2/c1-17(2,3)18(26-5)8-11(14(20)25)6-7-13(18)23-16-22-10-12(9-19)15(21-4)24-16/h6-7,10H,8H2,1-5H3,(H2,20,25)(H2,21,22,23,24). The third kappa shape index (κ3) is 3.39. The van der Waals surface area contributed by atoms with E-state index in [9.17, 15) is 4.79 Å². The third-order valence-corrected chi connectivity index (χ3v) is 4.59. The predicted molar refractivity (Wildman–Crippen MR) is 99.1 cm³/mol. The number of amides is 1. The number of aromatic nitrogens is 2. The maximum Gasteiger partial charge on any atom is 0.244 e. The quantitative estimate of drug-likeness (QED) is 0.736. The first-order valence-corrected chi connectivity index (χ1v) is 8.16. The fraction of sp³-hybridized carbons (Fsp3) is 0.444. The van der Waals surface area contributed by atoms with E-state index in [4.69, 9.17) is 15.7 Å². The van der Waals surface area contributed by atoms with Gasteiger partial charge in [0.05, 0.1) is 11.9 Å². The first-order valence-electron chi connectivity index (χ1n) is 8.16. The fourth-order valence-corrected chi connectivity index (χ4v) is 3.05. The number of primary amides is 1. The number of carbonyl (C=O) groups excluding carboxylic acids is 1. The first-order chi connectivity index (χ1) is 12.2. The minimum absolute atomic E-state index is 0.321. The number of anilines is 2. The number of nitrogens with zero attached hydrogens (tertiary/aromatic N) is 3. The summed E-state index contributed by atoms with van der Waals surface area (Å²) in [6.07, 6.45) is 5.21. The molecule has 26 heavy (non-hydrogen) atoms. The van der Waals surface area contributed by atoms with E-state index in [0.29, 0.717) is 35.0 Å². The number of ether oxygens (including phenoxy) is 1.